The monoisotopic (exact) mass is 488 g/mol. The first-order valence-electron chi connectivity index (χ1n) is 9.35. The van der Waals surface area contributed by atoms with Crippen LogP contribution in [0.1, 0.15) is 15.9 Å². The highest BCUT2D eigenvalue weighted by Crippen LogP contribution is 2.41. The van der Waals surface area contributed by atoms with Gasteiger partial charge in [0.05, 0.1) is 11.3 Å². The number of halogens is 6. The van der Waals surface area contributed by atoms with Crippen molar-refractivity contribution in [2.45, 2.75) is 12.5 Å². The van der Waals surface area contributed by atoms with E-state index in [9.17, 15) is 36.3 Å². The van der Waals surface area contributed by atoms with E-state index >= 15 is 0 Å². The highest BCUT2D eigenvalue weighted by Gasteiger charge is 2.37. The topological polar surface area (TPSA) is 83.7 Å². The molecule has 0 radical (unpaired) electrons. The van der Waals surface area contributed by atoms with E-state index in [2.05, 4.69) is 15.4 Å². The van der Waals surface area contributed by atoms with Gasteiger partial charge < -0.3 is 20.1 Å². The number of alkyl halides is 6. The summed E-state index contributed by atoms with van der Waals surface area (Å²) in [6.07, 6.45) is -7.37. The van der Waals surface area contributed by atoms with Gasteiger partial charge in [0.2, 0.25) is 12.4 Å². The van der Waals surface area contributed by atoms with Gasteiger partial charge in [0.25, 0.3) is 5.91 Å². The minimum atomic E-state index is -4.91. The fraction of sp³-hybridized carbons (Fsp3) is 0.143. The zero-order valence-corrected chi connectivity index (χ0v) is 17.2. The molecule has 1 amide bonds. The lowest BCUT2D eigenvalue weighted by atomic mass is 10.0. The maximum absolute atomic E-state index is 13.5. The Balaban J connectivity index is 2.01. The predicted molar refractivity (Wildman–Crippen MR) is 106 cm³/mol. The second kappa shape index (κ2) is 9.37. The number of hydrogen-bond acceptors (Lipinski definition) is 5. The van der Waals surface area contributed by atoms with Crippen molar-refractivity contribution in [3.63, 3.8) is 0 Å². The quantitative estimate of drug-likeness (QED) is 0.252. The van der Waals surface area contributed by atoms with E-state index in [4.69, 9.17) is 4.74 Å². The molecule has 0 saturated heterocycles. The van der Waals surface area contributed by atoms with E-state index in [1.807, 2.05) is 0 Å². The van der Waals surface area contributed by atoms with E-state index in [1.54, 1.807) is 0 Å². The molecule has 3 N–H and O–H groups in total. The Morgan fingerprint density at radius 3 is 2.18 bits per heavy atom. The molecule has 1 aromatic heterocycles. The van der Waals surface area contributed by atoms with Crippen LogP contribution in [0, 0.1) is 0 Å². The van der Waals surface area contributed by atoms with Crippen molar-refractivity contribution in [2.75, 3.05) is 17.7 Å². The largest absolute Gasteiger partial charge is 0.573 e. The maximum Gasteiger partial charge on any atom is 0.573 e. The normalized spacial score (nSPS) is 11.6. The Bertz CT molecular complexity index is 1180. The fourth-order valence-electron chi connectivity index (χ4n) is 2.96. The van der Waals surface area contributed by atoms with Gasteiger partial charge in [-0.25, -0.2) is 0 Å². The van der Waals surface area contributed by atoms with Crippen LogP contribution in [0.2, 0.25) is 0 Å². The van der Waals surface area contributed by atoms with E-state index in [0.29, 0.717) is 10.8 Å². The number of pyridine rings is 1. The Morgan fingerprint density at radius 1 is 0.971 bits per heavy atom. The van der Waals surface area contributed by atoms with Crippen LogP contribution in [0.5, 0.6) is 17.2 Å². The lowest BCUT2D eigenvalue weighted by Crippen LogP contribution is -2.29. The SMILES string of the molecule is CNc1c(C(F)(F)F)ccc(Oc2ccc(OC(F)(F)F)cc2)c1C(=O)Nc1ccc[n+](O)c1. The summed E-state index contributed by atoms with van der Waals surface area (Å²) < 4.78 is 87.6. The van der Waals surface area contributed by atoms with Gasteiger partial charge in [-0.15, -0.1) is 13.2 Å². The van der Waals surface area contributed by atoms with Gasteiger partial charge >= 0.3 is 12.5 Å². The van der Waals surface area contributed by atoms with Crippen molar-refractivity contribution in [1.29, 1.82) is 0 Å². The number of rotatable bonds is 6. The third-order valence-electron chi connectivity index (χ3n) is 4.28. The smallest absolute Gasteiger partial charge is 0.456 e. The maximum atomic E-state index is 13.5. The number of anilines is 2. The summed E-state index contributed by atoms with van der Waals surface area (Å²) in [4.78, 5) is 13.0. The Labute approximate surface area is 188 Å². The standard InChI is InChI=1S/C21H15F6N3O4/c1-28-18-15(20(22,23)24)8-9-16(17(18)19(31)29-12-3-2-10-30(32)11-12)33-13-4-6-14(7-5-13)34-21(25,26)27/h2-11H,1H3,(H2-,28,29,31,32)/p+1. The van der Waals surface area contributed by atoms with Crippen molar-refractivity contribution in [1.82, 2.24) is 0 Å². The molecule has 180 valence electrons. The van der Waals surface area contributed by atoms with Gasteiger partial charge in [0.1, 0.15) is 28.5 Å². The van der Waals surface area contributed by atoms with Gasteiger partial charge in [-0.3, -0.25) is 10.0 Å². The van der Waals surface area contributed by atoms with Crippen molar-refractivity contribution in [3.05, 3.63) is 72.1 Å². The summed E-state index contributed by atoms with van der Waals surface area (Å²) in [6, 6.07) is 8.43. The molecule has 0 aliphatic rings. The minimum absolute atomic E-state index is 0.0640. The predicted octanol–water partition coefficient (Wildman–Crippen LogP) is 5.22. The Morgan fingerprint density at radius 2 is 1.62 bits per heavy atom. The van der Waals surface area contributed by atoms with Gasteiger partial charge in [-0.2, -0.15) is 13.2 Å². The molecule has 0 aliphatic carbocycles. The van der Waals surface area contributed by atoms with Gasteiger partial charge in [-0.1, -0.05) is 0 Å². The summed E-state index contributed by atoms with van der Waals surface area (Å²) in [6.45, 7) is 0. The zero-order chi connectivity index (χ0) is 25.1. The third-order valence-corrected chi connectivity index (χ3v) is 4.28. The highest BCUT2D eigenvalue weighted by molar-refractivity contribution is 6.10. The average molecular weight is 488 g/mol. The van der Waals surface area contributed by atoms with Crippen LogP contribution < -0.4 is 24.8 Å². The summed E-state index contributed by atoms with van der Waals surface area (Å²) in [5, 5.41) is 14.2. The second-order valence-corrected chi connectivity index (χ2v) is 6.66. The summed E-state index contributed by atoms with van der Waals surface area (Å²) in [5.74, 6) is -1.93. The Hall–Kier alpha value is -4.16. The van der Waals surface area contributed by atoms with Crippen LogP contribution in [-0.4, -0.2) is 24.5 Å². The van der Waals surface area contributed by atoms with Crippen molar-refractivity contribution in [2.24, 2.45) is 0 Å². The highest BCUT2D eigenvalue weighted by atomic mass is 19.4. The number of amides is 1. The molecule has 0 atom stereocenters. The molecule has 13 heteroatoms. The molecule has 34 heavy (non-hydrogen) atoms. The number of nitrogens with zero attached hydrogens (tertiary/aromatic N) is 1. The van der Waals surface area contributed by atoms with Crippen molar-refractivity contribution in [3.8, 4) is 17.2 Å². The van der Waals surface area contributed by atoms with E-state index in [-0.39, 0.29) is 17.2 Å². The first kappa shape index (κ1) is 24.5. The number of carbonyl (C=O) groups excluding carboxylic acids is 1. The molecule has 0 aliphatic heterocycles. The molecular formula is C21H16F6N3O4+. The van der Waals surface area contributed by atoms with Crippen LogP contribution in [0.15, 0.2) is 60.9 Å². The molecule has 0 saturated carbocycles. The number of benzene rings is 2. The van der Waals surface area contributed by atoms with Crippen molar-refractivity contribution < 1.29 is 50.5 Å². The second-order valence-electron chi connectivity index (χ2n) is 6.66. The zero-order valence-electron chi connectivity index (χ0n) is 17.2. The summed E-state index contributed by atoms with van der Waals surface area (Å²) in [7, 11) is 1.18. The average Bonchev–Trinajstić information content (AvgIpc) is 2.72. The van der Waals surface area contributed by atoms with E-state index in [1.165, 1.54) is 25.4 Å². The molecule has 0 bridgehead atoms. The van der Waals surface area contributed by atoms with Gasteiger partial charge in [0, 0.05) is 17.8 Å². The van der Waals surface area contributed by atoms with Crippen LogP contribution in [0.25, 0.3) is 0 Å². The lowest BCUT2D eigenvalue weighted by molar-refractivity contribution is -0.904. The number of carbonyl (C=O) groups is 1. The molecule has 3 aromatic rings. The molecule has 0 spiro atoms. The van der Waals surface area contributed by atoms with Crippen LogP contribution in [-0.2, 0) is 6.18 Å². The molecule has 1 heterocycles. The Kier molecular flexibility index (Phi) is 6.75. The molecule has 3 rings (SSSR count). The van der Waals surface area contributed by atoms with E-state index < -0.39 is 41.0 Å². The number of ether oxygens (including phenoxy) is 2. The number of hydrogen-bond donors (Lipinski definition) is 3. The summed E-state index contributed by atoms with van der Waals surface area (Å²) in [5.41, 5.74) is -2.20. The van der Waals surface area contributed by atoms with Gasteiger partial charge in [-0.05, 0) is 42.5 Å². The molecule has 7 nitrogen and oxygen atoms in total. The third kappa shape index (κ3) is 5.99. The molecular weight excluding hydrogens is 472 g/mol. The first-order valence-corrected chi connectivity index (χ1v) is 9.35. The summed E-state index contributed by atoms with van der Waals surface area (Å²) >= 11 is 0. The number of nitrogens with one attached hydrogen (secondary N) is 2. The van der Waals surface area contributed by atoms with Crippen LogP contribution >= 0.6 is 0 Å². The van der Waals surface area contributed by atoms with E-state index in [0.717, 1.165) is 36.5 Å². The lowest BCUT2D eigenvalue weighted by Gasteiger charge is -2.19. The molecule has 0 fully saturated rings. The fourth-order valence-corrected chi connectivity index (χ4v) is 2.96. The first-order chi connectivity index (χ1) is 15.9. The van der Waals surface area contributed by atoms with Crippen molar-refractivity contribution >= 4 is 17.3 Å². The molecule has 0 unspecified atom stereocenters. The minimum Gasteiger partial charge on any atom is -0.456 e. The number of aromatic nitrogens is 1. The van der Waals surface area contributed by atoms with Crippen LogP contribution in [0.4, 0.5) is 37.7 Å². The van der Waals surface area contributed by atoms with Gasteiger partial charge in [0.15, 0.2) is 0 Å². The molecule has 2 aromatic carbocycles. The van der Waals surface area contributed by atoms with Crippen LogP contribution in [0.3, 0.4) is 0 Å².